The molecule has 6 nitrogen and oxygen atoms in total. The summed E-state index contributed by atoms with van der Waals surface area (Å²) in [6.45, 7) is 9.07. The predicted octanol–water partition coefficient (Wildman–Crippen LogP) is 2.10. The lowest BCUT2D eigenvalue weighted by Gasteiger charge is -2.32. The van der Waals surface area contributed by atoms with Crippen molar-refractivity contribution >= 4 is 15.8 Å². The number of rotatable bonds is 9. The van der Waals surface area contributed by atoms with E-state index in [0.717, 1.165) is 0 Å². The monoisotopic (exact) mass is 382 g/mol. The Morgan fingerprint density at radius 3 is 2.35 bits per heavy atom. The van der Waals surface area contributed by atoms with E-state index in [1.165, 1.54) is 11.8 Å². The van der Waals surface area contributed by atoms with Gasteiger partial charge in [-0.1, -0.05) is 30.3 Å². The fraction of sp³-hybridized carbons (Fsp3) is 0.632. The van der Waals surface area contributed by atoms with Crippen molar-refractivity contribution in [1.82, 2.24) is 16.0 Å². The van der Waals surface area contributed by atoms with E-state index in [-0.39, 0.29) is 23.4 Å². The third-order valence-corrected chi connectivity index (χ3v) is 5.11. The van der Waals surface area contributed by atoms with E-state index in [1.807, 2.05) is 25.1 Å². The van der Waals surface area contributed by atoms with E-state index in [1.54, 1.807) is 7.05 Å². The summed E-state index contributed by atoms with van der Waals surface area (Å²) in [5.74, 6) is 0.841. The molecule has 0 aliphatic rings. The van der Waals surface area contributed by atoms with E-state index in [9.17, 15) is 8.42 Å². The molecule has 1 aromatic rings. The first-order chi connectivity index (χ1) is 12.0. The van der Waals surface area contributed by atoms with Gasteiger partial charge in [0.1, 0.15) is 9.84 Å². The van der Waals surface area contributed by atoms with Crippen LogP contribution in [0.2, 0.25) is 0 Å². The van der Waals surface area contributed by atoms with Gasteiger partial charge in [0.15, 0.2) is 5.96 Å². The van der Waals surface area contributed by atoms with E-state index in [0.29, 0.717) is 18.9 Å². The summed E-state index contributed by atoms with van der Waals surface area (Å²) >= 11 is 0. The number of guanidine groups is 1. The molecule has 0 amide bonds. The first-order valence-electron chi connectivity index (χ1n) is 9.00. The Bertz CT molecular complexity index is 672. The molecule has 26 heavy (non-hydrogen) atoms. The molecule has 0 fully saturated rings. The molecule has 7 heteroatoms. The quantitative estimate of drug-likeness (QED) is 0.450. The standard InChI is InChI=1S/C19H34N4O2S/c1-15(12-13-26(6,24)25)22-18(20-5)21-14-19(3,4)23-16(2)17-10-8-7-9-11-17/h7-11,15-16,23H,12-14H2,1-6H3,(H2,20,21,22). The fourth-order valence-electron chi connectivity index (χ4n) is 2.66. The Labute approximate surface area is 158 Å². The highest BCUT2D eigenvalue weighted by Gasteiger charge is 2.21. The number of aliphatic imine (C=N–C) groups is 1. The zero-order valence-corrected chi connectivity index (χ0v) is 17.7. The highest BCUT2D eigenvalue weighted by Crippen LogP contribution is 2.15. The van der Waals surface area contributed by atoms with Crippen LogP contribution in [0.25, 0.3) is 0 Å². The van der Waals surface area contributed by atoms with Crippen LogP contribution in [-0.2, 0) is 9.84 Å². The van der Waals surface area contributed by atoms with Gasteiger partial charge in [-0.15, -0.1) is 0 Å². The minimum atomic E-state index is -2.95. The van der Waals surface area contributed by atoms with Crippen molar-refractivity contribution in [2.24, 2.45) is 4.99 Å². The van der Waals surface area contributed by atoms with E-state index >= 15 is 0 Å². The summed E-state index contributed by atoms with van der Waals surface area (Å²) in [4.78, 5) is 4.23. The molecule has 2 atom stereocenters. The molecule has 0 radical (unpaired) electrons. The highest BCUT2D eigenvalue weighted by molar-refractivity contribution is 7.90. The first kappa shape index (κ1) is 22.4. The molecule has 0 bridgehead atoms. The maximum absolute atomic E-state index is 11.3. The average molecular weight is 383 g/mol. The molecular formula is C19H34N4O2S. The molecule has 0 saturated heterocycles. The molecule has 0 spiro atoms. The van der Waals surface area contributed by atoms with Crippen molar-refractivity contribution in [2.45, 2.75) is 51.7 Å². The molecule has 0 aliphatic carbocycles. The van der Waals surface area contributed by atoms with E-state index < -0.39 is 9.84 Å². The van der Waals surface area contributed by atoms with E-state index in [2.05, 4.69) is 53.8 Å². The molecule has 0 aromatic heterocycles. The van der Waals surface area contributed by atoms with Crippen LogP contribution in [-0.4, -0.2) is 51.6 Å². The van der Waals surface area contributed by atoms with Gasteiger partial charge in [-0.25, -0.2) is 8.42 Å². The molecule has 1 aromatic carbocycles. The largest absolute Gasteiger partial charge is 0.355 e. The molecule has 1 rings (SSSR count). The van der Waals surface area contributed by atoms with Gasteiger partial charge >= 0.3 is 0 Å². The van der Waals surface area contributed by atoms with Crippen LogP contribution >= 0.6 is 0 Å². The number of nitrogens with zero attached hydrogens (tertiary/aromatic N) is 1. The van der Waals surface area contributed by atoms with E-state index in [4.69, 9.17) is 0 Å². The third-order valence-electron chi connectivity index (χ3n) is 4.13. The smallest absolute Gasteiger partial charge is 0.191 e. The Morgan fingerprint density at radius 1 is 1.19 bits per heavy atom. The lowest BCUT2D eigenvalue weighted by molar-refractivity contribution is 0.344. The minimum Gasteiger partial charge on any atom is -0.355 e. The van der Waals surface area contributed by atoms with Gasteiger partial charge in [0, 0.05) is 37.5 Å². The SMILES string of the molecule is CN=C(NCC(C)(C)NC(C)c1ccccc1)NC(C)CCS(C)(=O)=O. The number of nitrogens with one attached hydrogen (secondary N) is 3. The molecule has 148 valence electrons. The Morgan fingerprint density at radius 2 is 1.81 bits per heavy atom. The number of hydrogen-bond donors (Lipinski definition) is 3. The molecule has 2 unspecified atom stereocenters. The number of hydrogen-bond acceptors (Lipinski definition) is 4. The molecule has 0 heterocycles. The second-order valence-corrected chi connectivity index (χ2v) is 9.81. The van der Waals surface area contributed by atoms with Crippen LogP contribution in [0, 0.1) is 0 Å². The lowest BCUT2D eigenvalue weighted by Crippen LogP contribution is -2.53. The summed E-state index contributed by atoms with van der Waals surface area (Å²) in [6.07, 6.45) is 1.81. The maximum atomic E-state index is 11.3. The van der Waals surface area contributed by atoms with Crippen molar-refractivity contribution in [1.29, 1.82) is 0 Å². The zero-order chi connectivity index (χ0) is 19.8. The average Bonchev–Trinajstić information content (AvgIpc) is 2.56. The van der Waals surface area contributed by atoms with Crippen molar-refractivity contribution in [3.8, 4) is 0 Å². The van der Waals surface area contributed by atoms with Crippen molar-refractivity contribution < 1.29 is 8.42 Å². The van der Waals surface area contributed by atoms with Gasteiger partial charge in [0.2, 0.25) is 0 Å². The molecule has 0 aliphatic heterocycles. The summed E-state index contributed by atoms with van der Waals surface area (Å²) in [5, 5.41) is 10.2. The second kappa shape index (κ2) is 9.92. The molecular weight excluding hydrogens is 348 g/mol. The number of benzene rings is 1. The van der Waals surface area contributed by atoms with Gasteiger partial charge in [0.05, 0.1) is 5.75 Å². The minimum absolute atomic E-state index is 0.0234. The molecule has 3 N–H and O–H groups in total. The summed E-state index contributed by atoms with van der Waals surface area (Å²) in [7, 11) is -1.23. The van der Waals surface area contributed by atoms with Gasteiger partial charge in [-0.2, -0.15) is 0 Å². The second-order valence-electron chi connectivity index (χ2n) is 7.55. The van der Waals surface area contributed by atoms with Crippen LogP contribution in [0.5, 0.6) is 0 Å². The van der Waals surface area contributed by atoms with Gasteiger partial charge in [-0.05, 0) is 39.7 Å². The van der Waals surface area contributed by atoms with Crippen molar-refractivity contribution in [3.63, 3.8) is 0 Å². The topological polar surface area (TPSA) is 82.6 Å². The summed E-state index contributed by atoms with van der Waals surface area (Å²) in [5.41, 5.74) is 1.10. The molecule has 0 saturated carbocycles. The van der Waals surface area contributed by atoms with Crippen LogP contribution < -0.4 is 16.0 Å². The van der Waals surface area contributed by atoms with Crippen molar-refractivity contribution in [2.75, 3.05) is 25.6 Å². The van der Waals surface area contributed by atoms with Crippen LogP contribution in [0.15, 0.2) is 35.3 Å². The van der Waals surface area contributed by atoms with Crippen LogP contribution in [0.3, 0.4) is 0 Å². The zero-order valence-electron chi connectivity index (χ0n) is 16.8. The highest BCUT2D eigenvalue weighted by atomic mass is 32.2. The third kappa shape index (κ3) is 9.20. The summed E-state index contributed by atoms with van der Waals surface area (Å²) < 4.78 is 22.6. The van der Waals surface area contributed by atoms with Gasteiger partial charge in [-0.3, -0.25) is 4.99 Å². The normalized spacial score (nSPS) is 15.4. The Hall–Kier alpha value is -1.60. The predicted molar refractivity (Wildman–Crippen MR) is 110 cm³/mol. The van der Waals surface area contributed by atoms with Crippen molar-refractivity contribution in [3.05, 3.63) is 35.9 Å². The lowest BCUT2D eigenvalue weighted by atomic mass is 10.0. The van der Waals surface area contributed by atoms with Gasteiger partial charge in [0.25, 0.3) is 0 Å². The number of sulfone groups is 1. The summed E-state index contributed by atoms with van der Waals surface area (Å²) in [6, 6.07) is 10.6. The fourth-order valence-corrected chi connectivity index (χ4v) is 3.44. The van der Waals surface area contributed by atoms with Crippen LogP contribution in [0.4, 0.5) is 0 Å². The van der Waals surface area contributed by atoms with Crippen LogP contribution in [0.1, 0.15) is 45.7 Å². The maximum Gasteiger partial charge on any atom is 0.191 e. The van der Waals surface area contributed by atoms with Gasteiger partial charge < -0.3 is 16.0 Å². The Kier molecular flexibility index (Phi) is 8.56. The Balaban J connectivity index is 2.50. The first-order valence-corrected chi connectivity index (χ1v) is 11.1.